The van der Waals surface area contributed by atoms with Crippen LogP contribution in [-0.2, 0) is 104 Å². The molecule has 0 spiro atoms. The first kappa shape index (κ1) is 103. The fourth-order valence-corrected chi connectivity index (χ4v) is 16.0. The Morgan fingerprint density at radius 3 is 0.712 bits per heavy atom. The standard InChI is InChI=1S/C68H115NO56/c1-13(79)69-25-36(90)50(22(10-78)107-58(25)104)118-63-49(103)52(35(89)24(117-63)12-106-60-48(102)51(119-61-46(100)38(92)27(81)15(3-71)109-61)34(88)23(116-60)11-105-59-45(99)37(91)26(80)14(2-70)108-59)120-64-54(41(95)30(84)17(5-73)111-64)122-66-56(43(97)32(86)19(7-75)113-66)124-68-57(44(98)33(87)21(9-77)115-68)125-67-55(42(96)31(85)20(8-76)114-67)123-65-53(40(94)29(83)18(6-74)112-65)121-62-47(101)39(93)28(82)16(4-72)110-62/h14-68,70-78,80-104H,2-12H2,1H3,(H,69,79)/t14-,15-,16-,17-,18-,19-,20-,21-,22-,23-,24-,25-,26-,27-,28-,29-,30-,31-,32-,33-,34-,35-,36-,37+,38+,39+,40+,41+,42+,43+,44+,45+,46+,47-,48+,49+,50-,51+,52+,53-,54+,55-,56+,57+,58?,59+,60+,61-,62+,63+,64-,65+,66-,67+,68-/m1/s1. The Morgan fingerprint density at radius 1 is 0.208 bits per heavy atom. The summed E-state index contributed by atoms with van der Waals surface area (Å²) < 4.78 is 123. The molecule has 11 aliphatic heterocycles. The van der Waals surface area contributed by atoms with Gasteiger partial charge in [-0.05, 0) is 0 Å². The lowest BCUT2D eigenvalue weighted by Gasteiger charge is -2.51. The zero-order valence-electron chi connectivity index (χ0n) is 65.7. The number of aliphatic hydroxyl groups excluding tert-OH is 34. The van der Waals surface area contributed by atoms with Crippen LogP contribution in [0.5, 0.6) is 0 Å². The fraction of sp³-hybridized carbons (Fsp3) is 0.985. The average molecular weight is 1840 g/mol. The van der Waals surface area contributed by atoms with E-state index in [4.69, 9.17) is 99.5 Å². The molecule has 0 aliphatic carbocycles. The summed E-state index contributed by atoms with van der Waals surface area (Å²) in [6.07, 6.45) is -120. The van der Waals surface area contributed by atoms with E-state index in [1.165, 1.54) is 0 Å². The summed E-state index contributed by atoms with van der Waals surface area (Å²) in [4.78, 5) is 12.4. The molecule has 1 unspecified atom stereocenters. The van der Waals surface area contributed by atoms with Crippen LogP contribution in [0.1, 0.15) is 6.92 Å². The van der Waals surface area contributed by atoms with E-state index in [0.29, 0.717) is 0 Å². The minimum atomic E-state index is -2.61. The Morgan fingerprint density at radius 2 is 0.416 bits per heavy atom. The highest BCUT2D eigenvalue weighted by Crippen LogP contribution is 2.42. The molecule has 728 valence electrons. The highest BCUT2D eigenvalue weighted by Gasteiger charge is 2.63. The number of amides is 1. The number of carbonyl (C=O) groups excluding carboxylic acids is 1. The maximum atomic E-state index is 12.6. The van der Waals surface area contributed by atoms with Crippen molar-refractivity contribution in [2.75, 3.05) is 72.7 Å². The zero-order valence-corrected chi connectivity index (χ0v) is 65.7. The molecule has 35 N–H and O–H groups in total. The van der Waals surface area contributed by atoms with Crippen molar-refractivity contribution >= 4 is 5.91 Å². The Bertz CT molecular complexity index is 3250. The first-order valence-electron chi connectivity index (χ1n) is 39.7. The number of hydrogen-bond acceptors (Lipinski definition) is 56. The molecule has 0 radical (unpaired) electrons. The number of carbonyl (C=O) groups is 1. The summed E-state index contributed by atoms with van der Waals surface area (Å²) in [5.41, 5.74) is 0. The fourth-order valence-electron chi connectivity index (χ4n) is 16.0. The van der Waals surface area contributed by atoms with E-state index in [1.54, 1.807) is 0 Å². The molecule has 11 fully saturated rings. The van der Waals surface area contributed by atoms with Gasteiger partial charge in [0, 0.05) is 6.92 Å². The molecule has 125 heavy (non-hydrogen) atoms. The molecule has 57 nitrogen and oxygen atoms in total. The van der Waals surface area contributed by atoms with Gasteiger partial charge in [0.2, 0.25) is 5.91 Å². The van der Waals surface area contributed by atoms with Gasteiger partial charge in [0.15, 0.2) is 69.2 Å². The van der Waals surface area contributed by atoms with E-state index in [2.05, 4.69) is 5.32 Å². The van der Waals surface area contributed by atoms with E-state index in [1.807, 2.05) is 0 Å². The third-order valence-corrected chi connectivity index (χ3v) is 23.4. The van der Waals surface area contributed by atoms with Crippen molar-refractivity contribution < 1.29 is 278 Å². The Hall–Kier alpha value is -2.73. The minimum absolute atomic E-state index is 0.891. The first-order valence-corrected chi connectivity index (χ1v) is 39.7. The zero-order chi connectivity index (χ0) is 91.7. The predicted molar refractivity (Wildman–Crippen MR) is 374 cm³/mol. The van der Waals surface area contributed by atoms with Crippen molar-refractivity contribution in [1.29, 1.82) is 0 Å². The molecule has 57 heteroatoms. The molecule has 0 saturated carbocycles. The summed E-state index contributed by atoms with van der Waals surface area (Å²) in [6.45, 7) is -11.6. The van der Waals surface area contributed by atoms with Crippen molar-refractivity contribution in [1.82, 2.24) is 5.32 Å². The van der Waals surface area contributed by atoms with Crippen LogP contribution in [-0.4, -0.2) is 590 Å². The lowest BCUT2D eigenvalue weighted by molar-refractivity contribution is -0.420. The summed E-state index contributed by atoms with van der Waals surface area (Å²) >= 11 is 0. The molecule has 11 aliphatic rings. The summed E-state index contributed by atoms with van der Waals surface area (Å²) in [6, 6.07) is -1.82. The molecule has 0 bridgehead atoms. The van der Waals surface area contributed by atoms with Crippen molar-refractivity contribution in [3.05, 3.63) is 0 Å². The van der Waals surface area contributed by atoms with Crippen molar-refractivity contribution in [3.63, 3.8) is 0 Å². The molecule has 0 aromatic heterocycles. The molecular formula is C68H115NO56. The van der Waals surface area contributed by atoms with E-state index < -0.39 is 416 Å². The first-order chi connectivity index (χ1) is 59.3. The third kappa shape index (κ3) is 21.8. The molecule has 55 atom stereocenters. The Labute approximate surface area is 704 Å². The van der Waals surface area contributed by atoms with Crippen LogP contribution in [0.4, 0.5) is 0 Å². The number of ether oxygens (including phenoxy) is 21. The van der Waals surface area contributed by atoms with E-state index in [0.717, 1.165) is 6.92 Å². The van der Waals surface area contributed by atoms with Gasteiger partial charge in [0.05, 0.1) is 72.7 Å². The lowest BCUT2D eigenvalue weighted by atomic mass is 9.94. The van der Waals surface area contributed by atoms with Gasteiger partial charge in [-0.25, -0.2) is 0 Å². The molecule has 1 amide bonds. The second-order valence-corrected chi connectivity index (χ2v) is 31.6. The number of hydrogen-bond donors (Lipinski definition) is 35. The second kappa shape index (κ2) is 44.6. The largest absolute Gasteiger partial charge is 0.394 e. The Kier molecular flexibility index (Phi) is 36.7. The van der Waals surface area contributed by atoms with Crippen molar-refractivity contribution in [3.8, 4) is 0 Å². The summed E-state index contributed by atoms with van der Waals surface area (Å²) in [7, 11) is 0. The van der Waals surface area contributed by atoms with E-state index in [-0.39, 0.29) is 0 Å². The molecule has 11 saturated heterocycles. The minimum Gasteiger partial charge on any atom is -0.394 e. The van der Waals surface area contributed by atoms with E-state index >= 15 is 0 Å². The molecule has 0 aromatic carbocycles. The predicted octanol–water partition coefficient (Wildman–Crippen LogP) is -24.8. The van der Waals surface area contributed by atoms with Crippen LogP contribution < -0.4 is 5.32 Å². The van der Waals surface area contributed by atoms with Crippen LogP contribution in [0.3, 0.4) is 0 Å². The van der Waals surface area contributed by atoms with Crippen LogP contribution in [0, 0.1) is 0 Å². The third-order valence-electron chi connectivity index (χ3n) is 23.4. The van der Waals surface area contributed by atoms with Gasteiger partial charge < -0.3 is 278 Å². The molecular weight excluding hydrogens is 1730 g/mol. The molecule has 11 rings (SSSR count). The normalized spacial score (nSPS) is 52.7. The highest BCUT2D eigenvalue weighted by molar-refractivity contribution is 5.73. The van der Waals surface area contributed by atoms with Crippen LogP contribution >= 0.6 is 0 Å². The smallest absolute Gasteiger partial charge is 0.217 e. The number of nitrogens with one attached hydrogen (secondary N) is 1. The Balaban J connectivity index is 0.907. The van der Waals surface area contributed by atoms with Crippen LogP contribution in [0.2, 0.25) is 0 Å². The van der Waals surface area contributed by atoms with Gasteiger partial charge in [0.1, 0.15) is 269 Å². The summed E-state index contributed by atoms with van der Waals surface area (Å²) in [5, 5.41) is 379. The lowest BCUT2D eigenvalue weighted by Crippen LogP contribution is -2.69. The maximum absolute atomic E-state index is 12.6. The van der Waals surface area contributed by atoms with Crippen molar-refractivity contribution in [2.24, 2.45) is 0 Å². The van der Waals surface area contributed by atoms with Gasteiger partial charge in [0.25, 0.3) is 0 Å². The SMILES string of the molecule is CC(=O)N[C@H]1C(O)O[C@H](CO)[C@@H](O[C@@H]2O[C@H](CO[C@H]3O[C@H](CO[C@H]4O[C@H](CO)[C@@H](O)[C@H](O)[C@@H]4O)[C@@H](O)[C@H](O[C@H]4O[C@H](CO)[C@@H](O)[C@H](O)[C@@H]4O)[C@@H]3O)[C@@H](O)[C@H](O[C@H]3O[C@H](CO)[C@@H](O)[C@H](O)[C@@H]3O[C@H]3O[C@H](CO)[C@@H](O)[C@H](O)[C@@H]3O[C@H]3O[C@H](CO)[C@@H](O)[C@H](O)[C@@H]3O[C@@H]3O[C@H](CO)[C@@H](O)[C@H](O)[C@H]3O[C@@H]3O[C@H](CO)[C@@H](O)[C@H](O)[C@H]3O[C@@H]3O[C@H](CO)[C@@H](O)[C@H](O)[C@H]3O)[C@@H]2O)[C@@H]1O. The van der Waals surface area contributed by atoms with Crippen LogP contribution in [0.15, 0.2) is 0 Å². The number of rotatable bonds is 32. The van der Waals surface area contributed by atoms with Crippen molar-refractivity contribution in [2.45, 2.75) is 345 Å². The molecule has 0 aromatic rings. The second-order valence-electron chi connectivity index (χ2n) is 31.6. The monoisotopic (exact) mass is 1840 g/mol. The van der Waals surface area contributed by atoms with Gasteiger partial charge in [-0.15, -0.1) is 0 Å². The van der Waals surface area contributed by atoms with Gasteiger partial charge in [-0.1, -0.05) is 0 Å². The van der Waals surface area contributed by atoms with E-state index in [9.17, 15) is 178 Å². The summed E-state index contributed by atoms with van der Waals surface area (Å²) in [5.74, 6) is -0.891. The van der Waals surface area contributed by atoms with Gasteiger partial charge >= 0.3 is 0 Å². The topological polar surface area (TPSA) is 911 Å². The quantitative estimate of drug-likeness (QED) is 0.0297. The molecule has 11 heterocycles. The van der Waals surface area contributed by atoms with Crippen LogP contribution in [0.25, 0.3) is 0 Å². The van der Waals surface area contributed by atoms with Gasteiger partial charge in [-0.2, -0.15) is 0 Å². The average Bonchev–Trinajstić information content (AvgIpc) is 0.759. The van der Waals surface area contributed by atoms with Gasteiger partial charge in [-0.3, -0.25) is 4.79 Å². The number of aliphatic hydroxyl groups is 34. The highest BCUT2D eigenvalue weighted by atomic mass is 16.8. The maximum Gasteiger partial charge on any atom is 0.217 e.